The number of hydrogen-bond donors (Lipinski definition) is 1. The summed E-state index contributed by atoms with van der Waals surface area (Å²) >= 11 is 15.7. The molecule has 0 amide bonds. The topological polar surface area (TPSA) is 21.3 Å². The number of nitrogens with one attached hydrogen (secondary N) is 1. The maximum atomic E-state index is 6.25. The quantitative estimate of drug-likeness (QED) is 0.652. The van der Waals surface area contributed by atoms with E-state index in [1.54, 1.807) is 7.11 Å². The highest BCUT2D eigenvalue weighted by Gasteiger charge is 2.12. The van der Waals surface area contributed by atoms with Crippen molar-refractivity contribution in [2.75, 3.05) is 12.4 Å². The normalized spacial score (nSPS) is 12.0. The minimum atomic E-state index is 0.191. The fraction of sp³-hybridized carbons (Fsp3) is 0.250. The molecule has 0 aliphatic carbocycles. The van der Waals surface area contributed by atoms with E-state index in [4.69, 9.17) is 27.9 Å². The van der Waals surface area contributed by atoms with Crippen LogP contribution in [-0.2, 0) is 6.42 Å². The fourth-order valence-corrected chi connectivity index (χ4v) is 2.98. The van der Waals surface area contributed by atoms with Crippen molar-refractivity contribution in [1.82, 2.24) is 0 Å². The molecule has 2 aromatic rings. The van der Waals surface area contributed by atoms with Crippen LogP contribution < -0.4 is 10.1 Å². The van der Waals surface area contributed by atoms with Gasteiger partial charge in [0.2, 0.25) is 0 Å². The zero-order valence-corrected chi connectivity index (χ0v) is 14.9. The van der Waals surface area contributed by atoms with Gasteiger partial charge >= 0.3 is 0 Å². The summed E-state index contributed by atoms with van der Waals surface area (Å²) in [5.74, 6) is 0.895. The Morgan fingerprint density at radius 1 is 1.14 bits per heavy atom. The first kappa shape index (κ1) is 16.5. The van der Waals surface area contributed by atoms with E-state index in [0.29, 0.717) is 10.0 Å². The van der Waals surface area contributed by atoms with Gasteiger partial charge < -0.3 is 10.1 Å². The molecule has 2 rings (SSSR count). The minimum absolute atomic E-state index is 0.191. The largest absolute Gasteiger partial charge is 0.496 e. The van der Waals surface area contributed by atoms with Gasteiger partial charge in [-0.15, -0.1) is 0 Å². The molecule has 0 saturated heterocycles. The standard InChI is InChI=1S/C16H16BrCl2NO/c1-10(9-11-5-3-4-6-14(11)21-2)20-13-8-7-12(17)15(18)16(13)19/h3-8,10,20H,9H2,1-2H3. The lowest BCUT2D eigenvalue weighted by Gasteiger charge is -2.18. The summed E-state index contributed by atoms with van der Waals surface area (Å²) in [5.41, 5.74) is 1.98. The van der Waals surface area contributed by atoms with E-state index in [1.807, 2.05) is 30.3 Å². The van der Waals surface area contributed by atoms with Crippen molar-refractivity contribution in [3.05, 3.63) is 56.5 Å². The van der Waals surface area contributed by atoms with Crippen molar-refractivity contribution in [1.29, 1.82) is 0 Å². The summed E-state index contributed by atoms with van der Waals surface area (Å²) in [4.78, 5) is 0. The van der Waals surface area contributed by atoms with Crippen LogP contribution in [0.2, 0.25) is 10.0 Å². The maximum Gasteiger partial charge on any atom is 0.122 e. The Bertz CT molecular complexity index is 634. The lowest BCUT2D eigenvalue weighted by Crippen LogP contribution is -2.18. The summed E-state index contributed by atoms with van der Waals surface area (Å²) in [6.07, 6.45) is 0.827. The summed E-state index contributed by atoms with van der Waals surface area (Å²) in [6, 6.07) is 12.0. The average molecular weight is 389 g/mol. The smallest absolute Gasteiger partial charge is 0.122 e. The predicted octanol–water partition coefficient (Wildman–Crippen LogP) is 5.81. The van der Waals surface area contributed by atoms with E-state index in [0.717, 1.165) is 27.9 Å². The molecule has 0 aromatic heterocycles. The first-order valence-corrected chi connectivity index (χ1v) is 8.09. The van der Waals surface area contributed by atoms with Gasteiger partial charge in [-0.3, -0.25) is 0 Å². The first-order chi connectivity index (χ1) is 10.0. The number of methoxy groups -OCH3 is 1. The number of ether oxygens (including phenoxy) is 1. The van der Waals surface area contributed by atoms with Gasteiger partial charge in [0, 0.05) is 10.5 Å². The van der Waals surface area contributed by atoms with Crippen LogP contribution in [-0.4, -0.2) is 13.2 Å². The Kier molecular flexibility index (Phi) is 5.80. The number of halogens is 3. The highest BCUT2D eigenvalue weighted by atomic mass is 79.9. The molecular weight excluding hydrogens is 373 g/mol. The van der Waals surface area contributed by atoms with Crippen molar-refractivity contribution < 1.29 is 4.74 Å². The van der Waals surface area contributed by atoms with Crippen LogP contribution in [0.1, 0.15) is 12.5 Å². The van der Waals surface area contributed by atoms with E-state index in [9.17, 15) is 0 Å². The molecule has 2 nitrogen and oxygen atoms in total. The van der Waals surface area contributed by atoms with Crippen LogP contribution in [0.5, 0.6) is 5.75 Å². The summed E-state index contributed by atoms with van der Waals surface area (Å²) in [7, 11) is 1.68. The van der Waals surface area contributed by atoms with E-state index in [-0.39, 0.29) is 6.04 Å². The zero-order chi connectivity index (χ0) is 15.4. The zero-order valence-electron chi connectivity index (χ0n) is 11.8. The van der Waals surface area contributed by atoms with Crippen molar-refractivity contribution in [2.45, 2.75) is 19.4 Å². The van der Waals surface area contributed by atoms with Crippen LogP contribution >= 0.6 is 39.1 Å². The first-order valence-electron chi connectivity index (χ1n) is 6.55. The summed E-state index contributed by atoms with van der Waals surface area (Å²) in [6.45, 7) is 2.10. The highest BCUT2D eigenvalue weighted by molar-refractivity contribution is 9.10. The number of hydrogen-bond acceptors (Lipinski definition) is 2. The molecule has 5 heteroatoms. The van der Waals surface area contributed by atoms with Gasteiger partial charge in [-0.25, -0.2) is 0 Å². The van der Waals surface area contributed by atoms with Crippen LogP contribution in [0.4, 0.5) is 5.69 Å². The van der Waals surface area contributed by atoms with E-state index in [1.165, 1.54) is 0 Å². The Morgan fingerprint density at radius 3 is 2.57 bits per heavy atom. The van der Waals surface area contributed by atoms with E-state index >= 15 is 0 Å². The van der Waals surface area contributed by atoms with Crippen molar-refractivity contribution in [3.8, 4) is 5.75 Å². The third kappa shape index (κ3) is 4.06. The Labute approximate surface area is 143 Å². The molecule has 0 aliphatic rings. The molecule has 0 spiro atoms. The monoisotopic (exact) mass is 387 g/mol. The maximum absolute atomic E-state index is 6.25. The Morgan fingerprint density at radius 2 is 1.86 bits per heavy atom. The second-order valence-electron chi connectivity index (χ2n) is 4.78. The molecule has 0 aliphatic heterocycles. The average Bonchev–Trinajstić information content (AvgIpc) is 2.48. The van der Waals surface area contributed by atoms with E-state index in [2.05, 4.69) is 34.2 Å². The highest BCUT2D eigenvalue weighted by Crippen LogP contribution is 2.36. The van der Waals surface area contributed by atoms with Gasteiger partial charge in [0.25, 0.3) is 0 Å². The summed E-state index contributed by atoms with van der Waals surface area (Å²) < 4.78 is 6.16. The third-order valence-electron chi connectivity index (χ3n) is 3.16. The molecule has 21 heavy (non-hydrogen) atoms. The summed E-state index contributed by atoms with van der Waals surface area (Å²) in [5, 5.41) is 4.43. The molecule has 0 bridgehead atoms. The van der Waals surface area contributed by atoms with Gasteiger partial charge in [0.1, 0.15) is 5.75 Å². The molecule has 1 unspecified atom stereocenters. The van der Waals surface area contributed by atoms with E-state index < -0.39 is 0 Å². The van der Waals surface area contributed by atoms with Gasteiger partial charge in [-0.1, -0.05) is 41.4 Å². The number of para-hydroxylation sites is 1. The van der Waals surface area contributed by atoms with Gasteiger partial charge in [-0.05, 0) is 53.0 Å². The molecule has 0 radical (unpaired) electrons. The second kappa shape index (κ2) is 7.39. The molecular formula is C16H16BrCl2NO. The van der Waals surface area contributed by atoms with Gasteiger partial charge in [0.05, 0.1) is 22.8 Å². The van der Waals surface area contributed by atoms with Crippen molar-refractivity contribution in [2.24, 2.45) is 0 Å². The third-order valence-corrected chi connectivity index (χ3v) is 4.93. The Balaban J connectivity index is 2.12. The number of benzene rings is 2. The number of rotatable bonds is 5. The second-order valence-corrected chi connectivity index (χ2v) is 6.39. The van der Waals surface area contributed by atoms with Crippen LogP contribution in [0, 0.1) is 0 Å². The molecule has 1 N–H and O–H groups in total. The lowest BCUT2D eigenvalue weighted by atomic mass is 10.1. The molecule has 0 saturated carbocycles. The van der Waals surface area contributed by atoms with Gasteiger partial charge in [0.15, 0.2) is 0 Å². The molecule has 2 aromatic carbocycles. The molecule has 112 valence electrons. The van der Waals surface area contributed by atoms with Crippen LogP contribution in [0.15, 0.2) is 40.9 Å². The van der Waals surface area contributed by atoms with Gasteiger partial charge in [-0.2, -0.15) is 0 Å². The minimum Gasteiger partial charge on any atom is -0.496 e. The lowest BCUT2D eigenvalue weighted by molar-refractivity contribution is 0.409. The van der Waals surface area contributed by atoms with Crippen LogP contribution in [0.25, 0.3) is 0 Å². The molecule has 0 fully saturated rings. The van der Waals surface area contributed by atoms with Crippen molar-refractivity contribution in [3.63, 3.8) is 0 Å². The molecule has 0 heterocycles. The SMILES string of the molecule is COc1ccccc1CC(C)Nc1ccc(Br)c(Cl)c1Cl. The fourth-order valence-electron chi connectivity index (χ4n) is 2.16. The van der Waals surface area contributed by atoms with Crippen LogP contribution in [0.3, 0.4) is 0 Å². The predicted molar refractivity (Wildman–Crippen MR) is 93.9 cm³/mol. The Hall–Kier alpha value is -0.900. The van der Waals surface area contributed by atoms with Crippen molar-refractivity contribution >= 4 is 44.8 Å². The molecule has 1 atom stereocenters. The number of anilines is 1.